The molecule has 0 aliphatic carbocycles. The molecule has 3 aromatic rings. The van der Waals surface area contributed by atoms with Crippen LogP contribution in [0.1, 0.15) is 42.7 Å². The fourth-order valence-electron chi connectivity index (χ4n) is 3.32. The van der Waals surface area contributed by atoms with Gasteiger partial charge in [0, 0.05) is 14.5 Å². The Balaban J connectivity index is 1.56. The maximum absolute atomic E-state index is 12.9. The summed E-state index contributed by atoms with van der Waals surface area (Å²) in [7, 11) is 0. The molecule has 0 spiro atoms. The zero-order valence-corrected chi connectivity index (χ0v) is 19.5. The summed E-state index contributed by atoms with van der Waals surface area (Å²) in [5.41, 5.74) is 0.362. The average molecular weight is 483 g/mol. The van der Waals surface area contributed by atoms with Gasteiger partial charge in [-0.15, -0.1) is 23.1 Å². The first kappa shape index (κ1) is 24.5. The smallest absolute Gasteiger partial charge is 0.416 e. The van der Waals surface area contributed by atoms with Gasteiger partial charge in [0.05, 0.1) is 5.56 Å². The van der Waals surface area contributed by atoms with Crippen LogP contribution in [0.5, 0.6) is 5.75 Å². The van der Waals surface area contributed by atoms with E-state index in [4.69, 9.17) is 4.74 Å². The Morgan fingerprint density at radius 2 is 1.94 bits per heavy atom. The summed E-state index contributed by atoms with van der Waals surface area (Å²) in [5.74, 6) is 0.511. The summed E-state index contributed by atoms with van der Waals surface area (Å²) < 4.78 is 45.0. The Morgan fingerprint density at radius 1 is 1.16 bits per heavy atom. The molecule has 0 bridgehead atoms. The van der Waals surface area contributed by atoms with Gasteiger partial charge in [-0.25, -0.2) is 4.79 Å². The minimum absolute atomic E-state index is 0.393. The zero-order valence-electron chi connectivity index (χ0n) is 17.9. The van der Waals surface area contributed by atoms with Crippen molar-refractivity contribution in [3.63, 3.8) is 0 Å². The van der Waals surface area contributed by atoms with Gasteiger partial charge < -0.3 is 9.84 Å². The number of rotatable bonds is 10. The van der Waals surface area contributed by atoms with E-state index in [1.165, 1.54) is 23.5 Å². The van der Waals surface area contributed by atoms with Gasteiger partial charge in [-0.1, -0.05) is 19.9 Å². The van der Waals surface area contributed by atoms with E-state index >= 15 is 0 Å². The number of carboxylic acid groups (broad SMARTS) is 1. The number of carboxylic acids is 1. The van der Waals surface area contributed by atoms with E-state index in [2.05, 4.69) is 0 Å². The molecule has 0 saturated heterocycles. The number of alkyl halides is 3. The lowest BCUT2D eigenvalue weighted by Crippen LogP contribution is -2.26. The summed E-state index contributed by atoms with van der Waals surface area (Å²) in [4.78, 5) is 13.4. The molecule has 1 N–H and O–H groups in total. The molecule has 172 valence electrons. The number of thiophene rings is 1. The highest BCUT2D eigenvalue weighted by Crippen LogP contribution is 2.35. The average Bonchev–Trinajstić information content (AvgIpc) is 3.16. The molecule has 32 heavy (non-hydrogen) atoms. The van der Waals surface area contributed by atoms with Crippen LogP contribution in [-0.4, -0.2) is 22.9 Å². The second-order valence-corrected chi connectivity index (χ2v) is 9.73. The lowest BCUT2D eigenvalue weighted by Gasteiger charge is -2.16. The second kappa shape index (κ2) is 10.6. The van der Waals surface area contributed by atoms with Crippen LogP contribution < -0.4 is 4.74 Å². The first-order chi connectivity index (χ1) is 15.2. The standard InChI is InChI=1S/C24H25F3O3S2/c1-3-15-12-18(9-10-21(15)30-20(4-2)23(28)29)31-11-5-6-19-13-16-7-8-17(24(25,26)27)14-22(16)32-19/h7-10,12-14,20H,3-6,11H2,1-2H3,(H,28,29). The van der Waals surface area contributed by atoms with Gasteiger partial charge in [0.15, 0.2) is 6.10 Å². The second-order valence-electron chi connectivity index (χ2n) is 7.39. The molecule has 1 aromatic heterocycles. The highest BCUT2D eigenvalue weighted by molar-refractivity contribution is 7.99. The Bertz CT molecular complexity index is 1080. The van der Waals surface area contributed by atoms with Crippen LogP contribution in [-0.2, 0) is 23.8 Å². The molecule has 1 atom stereocenters. The van der Waals surface area contributed by atoms with E-state index in [1.807, 2.05) is 31.2 Å². The van der Waals surface area contributed by atoms with Crippen LogP contribution >= 0.6 is 23.1 Å². The number of carbonyl (C=O) groups is 1. The van der Waals surface area contributed by atoms with Crippen molar-refractivity contribution in [2.45, 2.75) is 56.7 Å². The van der Waals surface area contributed by atoms with Crippen molar-refractivity contribution in [2.24, 2.45) is 0 Å². The molecule has 0 fully saturated rings. The topological polar surface area (TPSA) is 46.5 Å². The fraction of sp³-hybridized carbons (Fsp3) is 0.375. The van der Waals surface area contributed by atoms with Crippen LogP contribution in [0.3, 0.4) is 0 Å². The number of aliphatic carboxylic acids is 1. The number of ether oxygens (including phenoxy) is 1. The highest BCUT2D eigenvalue weighted by atomic mass is 32.2. The SMILES string of the molecule is CCc1cc(SCCCc2cc3ccc(C(F)(F)F)cc3s2)ccc1OC(CC)C(=O)O. The molecule has 3 nitrogen and oxygen atoms in total. The van der Waals surface area contributed by atoms with E-state index in [-0.39, 0.29) is 0 Å². The minimum Gasteiger partial charge on any atom is -0.479 e. The summed E-state index contributed by atoms with van der Waals surface area (Å²) in [6.45, 7) is 3.78. The number of benzene rings is 2. The first-order valence-electron chi connectivity index (χ1n) is 10.5. The molecular weight excluding hydrogens is 457 g/mol. The molecule has 1 unspecified atom stereocenters. The summed E-state index contributed by atoms with van der Waals surface area (Å²) in [6.07, 6.45) is -2.33. The molecule has 0 aliphatic rings. The predicted octanol–water partition coefficient (Wildman–Crippen LogP) is 7.45. The third-order valence-corrected chi connectivity index (χ3v) is 7.30. The lowest BCUT2D eigenvalue weighted by molar-refractivity contribution is -0.145. The van der Waals surface area contributed by atoms with Crippen molar-refractivity contribution in [3.8, 4) is 5.75 Å². The number of hydrogen-bond donors (Lipinski definition) is 1. The molecule has 2 aromatic carbocycles. The van der Waals surface area contributed by atoms with Crippen LogP contribution in [0.15, 0.2) is 47.4 Å². The van der Waals surface area contributed by atoms with Crippen LogP contribution in [0, 0.1) is 0 Å². The summed E-state index contributed by atoms with van der Waals surface area (Å²) in [6, 6.07) is 11.7. The Labute approximate surface area is 193 Å². The van der Waals surface area contributed by atoms with E-state index < -0.39 is 23.8 Å². The molecule has 8 heteroatoms. The number of aryl methyl sites for hydroxylation is 2. The molecule has 0 radical (unpaired) electrons. The number of fused-ring (bicyclic) bond motifs is 1. The van der Waals surface area contributed by atoms with Gasteiger partial charge in [0.25, 0.3) is 0 Å². The lowest BCUT2D eigenvalue weighted by atomic mass is 10.1. The van der Waals surface area contributed by atoms with E-state index in [0.29, 0.717) is 16.9 Å². The number of halogens is 3. The largest absolute Gasteiger partial charge is 0.479 e. The van der Waals surface area contributed by atoms with Gasteiger partial charge in [-0.3, -0.25) is 0 Å². The minimum atomic E-state index is -4.32. The fourth-order valence-corrected chi connectivity index (χ4v) is 5.38. The van der Waals surface area contributed by atoms with Crippen LogP contribution in [0.2, 0.25) is 0 Å². The third-order valence-electron chi connectivity index (χ3n) is 5.06. The number of hydrogen-bond acceptors (Lipinski definition) is 4. The van der Waals surface area contributed by atoms with Crippen molar-refractivity contribution in [1.82, 2.24) is 0 Å². The summed E-state index contributed by atoms with van der Waals surface area (Å²) in [5, 5.41) is 10.1. The first-order valence-corrected chi connectivity index (χ1v) is 12.3. The van der Waals surface area contributed by atoms with E-state index in [0.717, 1.165) is 51.8 Å². The van der Waals surface area contributed by atoms with Crippen molar-refractivity contribution in [3.05, 3.63) is 58.5 Å². The predicted molar refractivity (Wildman–Crippen MR) is 124 cm³/mol. The molecule has 1 heterocycles. The van der Waals surface area contributed by atoms with E-state index in [1.54, 1.807) is 18.7 Å². The van der Waals surface area contributed by atoms with Crippen LogP contribution in [0.25, 0.3) is 10.1 Å². The summed E-state index contributed by atoms with van der Waals surface area (Å²) >= 11 is 3.12. The Morgan fingerprint density at radius 3 is 2.59 bits per heavy atom. The quantitative estimate of drug-likeness (QED) is 0.241. The van der Waals surface area contributed by atoms with Gasteiger partial charge in [0.1, 0.15) is 5.75 Å². The highest BCUT2D eigenvalue weighted by Gasteiger charge is 2.30. The maximum atomic E-state index is 12.9. The van der Waals surface area contributed by atoms with Crippen molar-refractivity contribution in [2.75, 3.05) is 5.75 Å². The van der Waals surface area contributed by atoms with Gasteiger partial charge in [-0.2, -0.15) is 13.2 Å². The molecule has 0 amide bonds. The van der Waals surface area contributed by atoms with Crippen molar-refractivity contribution < 1.29 is 27.8 Å². The monoisotopic (exact) mass is 482 g/mol. The number of thioether (sulfide) groups is 1. The van der Waals surface area contributed by atoms with Crippen LogP contribution in [0.4, 0.5) is 13.2 Å². The van der Waals surface area contributed by atoms with E-state index in [9.17, 15) is 23.1 Å². The molecular formula is C24H25F3O3S2. The van der Waals surface area contributed by atoms with Crippen molar-refractivity contribution in [1.29, 1.82) is 0 Å². The normalized spacial score (nSPS) is 12.8. The Hall–Kier alpha value is -2.19. The molecule has 0 aliphatic heterocycles. The molecule has 3 rings (SSSR count). The van der Waals surface area contributed by atoms with Gasteiger partial charge >= 0.3 is 12.1 Å². The van der Waals surface area contributed by atoms with Gasteiger partial charge in [0.2, 0.25) is 0 Å². The zero-order chi connectivity index (χ0) is 23.3. The Kier molecular flexibility index (Phi) is 8.11. The van der Waals surface area contributed by atoms with Gasteiger partial charge in [-0.05, 0) is 78.8 Å². The maximum Gasteiger partial charge on any atom is 0.416 e. The molecule has 0 saturated carbocycles. The third kappa shape index (κ3) is 6.19. The van der Waals surface area contributed by atoms with Crippen molar-refractivity contribution >= 4 is 39.2 Å².